The lowest BCUT2D eigenvalue weighted by Gasteiger charge is -2.32. The van der Waals surface area contributed by atoms with Gasteiger partial charge in [-0.05, 0) is 25.7 Å². The van der Waals surface area contributed by atoms with Crippen LogP contribution >= 0.6 is 0 Å². The van der Waals surface area contributed by atoms with Gasteiger partial charge in [-0.25, -0.2) is 0 Å². The minimum Gasteiger partial charge on any atom is -0.355 e. The standard InChI is InChI=1S/C11H18N2O2/c1-7(8-3-2-4-8)13-11(15)9-5-10(14)12-6-9/h7-9H,2-6H2,1H3,(H,12,14)(H,13,15). The summed E-state index contributed by atoms with van der Waals surface area (Å²) in [6.07, 6.45) is 4.09. The Kier molecular flexibility index (Phi) is 2.93. The van der Waals surface area contributed by atoms with Crippen LogP contribution in [0.5, 0.6) is 0 Å². The summed E-state index contributed by atoms with van der Waals surface area (Å²) >= 11 is 0. The zero-order chi connectivity index (χ0) is 10.8. The average molecular weight is 210 g/mol. The lowest BCUT2D eigenvalue weighted by molar-refractivity contribution is -0.127. The van der Waals surface area contributed by atoms with E-state index < -0.39 is 0 Å². The predicted octanol–water partition coefficient (Wildman–Crippen LogP) is 0.427. The molecular formula is C11H18N2O2. The Bertz CT molecular complexity index is 274. The van der Waals surface area contributed by atoms with E-state index in [0.29, 0.717) is 18.9 Å². The summed E-state index contributed by atoms with van der Waals surface area (Å²) in [7, 11) is 0. The Morgan fingerprint density at radius 3 is 2.73 bits per heavy atom. The summed E-state index contributed by atoms with van der Waals surface area (Å²) in [6, 6.07) is 0.266. The molecule has 0 bridgehead atoms. The van der Waals surface area contributed by atoms with Crippen molar-refractivity contribution < 1.29 is 9.59 Å². The topological polar surface area (TPSA) is 58.2 Å². The third-order valence-electron chi connectivity index (χ3n) is 3.58. The fraction of sp³-hybridized carbons (Fsp3) is 0.818. The summed E-state index contributed by atoms with van der Waals surface area (Å²) in [5.41, 5.74) is 0. The van der Waals surface area contributed by atoms with Crippen LogP contribution in [0.1, 0.15) is 32.6 Å². The summed E-state index contributed by atoms with van der Waals surface area (Å²) in [6.45, 7) is 2.56. The van der Waals surface area contributed by atoms with Gasteiger partial charge in [-0.3, -0.25) is 9.59 Å². The molecule has 2 N–H and O–H groups in total. The SMILES string of the molecule is CC(NC(=O)C1CNC(=O)C1)C1CCC1. The van der Waals surface area contributed by atoms with Crippen molar-refractivity contribution in [1.82, 2.24) is 10.6 Å². The molecule has 1 aliphatic heterocycles. The van der Waals surface area contributed by atoms with Crippen LogP contribution in [0.2, 0.25) is 0 Å². The van der Waals surface area contributed by atoms with E-state index in [1.165, 1.54) is 19.3 Å². The van der Waals surface area contributed by atoms with E-state index in [-0.39, 0.29) is 23.8 Å². The molecule has 2 amide bonds. The van der Waals surface area contributed by atoms with Gasteiger partial charge in [0.05, 0.1) is 5.92 Å². The third kappa shape index (κ3) is 2.30. The first-order chi connectivity index (χ1) is 7.16. The van der Waals surface area contributed by atoms with Gasteiger partial charge in [0.2, 0.25) is 11.8 Å². The van der Waals surface area contributed by atoms with Gasteiger partial charge in [-0.1, -0.05) is 6.42 Å². The average Bonchev–Trinajstić information content (AvgIpc) is 2.48. The van der Waals surface area contributed by atoms with E-state index in [9.17, 15) is 9.59 Å². The minimum absolute atomic E-state index is 0.00792. The van der Waals surface area contributed by atoms with Crippen molar-refractivity contribution in [2.45, 2.75) is 38.6 Å². The second-order valence-corrected chi connectivity index (χ2v) is 4.69. The summed E-state index contributed by atoms with van der Waals surface area (Å²) in [4.78, 5) is 22.7. The first-order valence-corrected chi connectivity index (χ1v) is 5.74. The molecule has 2 unspecified atom stereocenters. The van der Waals surface area contributed by atoms with Gasteiger partial charge in [0.15, 0.2) is 0 Å². The normalized spacial score (nSPS) is 28.1. The lowest BCUT2D eigenvalue weighted by atomic mass is 9.80. The lowest BCUT2D eigenvalue weighted by Crippen LogP contribution is -2.43. The van der Waals surface area contributed by atoms with Crippen molar-refractivity contribution in [3.8, 4) is 0 Å². The van der Waals surface area contributed by atoms with Gasteiger partial charge >= 0.3 is 0 Å². The highest BCUT2D eigenvalue weighted by Gasteiger charge is 2.31. The van der Waals surface area contributed by atoms with E-state index >= 15 is 0 Å². The van der Waals surface area contributed by atoms with Crippen molar-refractivity contribution in [2.24, 2.45) is 11.8 Å². The Labute approximate surface area is 89.8 Å². The first kappa shape index (κ1) is 10.5. The highest BCUT2D eigenvalue weighted by molar-refractivity contribution is 5.89. The van der Waals surface area contributed by atoms with E-state index in [0.717, 1.165) is 0 Å². The molecule has 2 fully saturated rings. The van der Waals surface area contributed by atoms with Gasteiger partial charge in [0.1, 0.15) is 0 Å². The Morgan fingerprint density at radius 1 is 1.53 bits per heavy atom. The van der Waals surface area contributed by atoms with Crippen LogP contribution < -0.4 is 10.6 Å². The molecular weight excluding hydrogens is 192 g/mol. The maximum Gasteiger partial charge on any atom is 0.225 e. The van der Waals surface area contributed by atoms with Crippen molar-refractivity contribution in [2.75, 3.05) is 6.54 Å². The summed E-state index contributed by atoms with van der Waals surface area (Å²) in [5.74, 6) is 0.526. The van der Waals surface area contributed by atoms with E-state index in [1.54, 1.807) is 0 Å². The first-order valence-electron chi connectivity index (χ1n) is 5.74. The third-order valence-corrected chi connectivity index (χ3v) is 3.58. The number of carbonyl (C=O) groups is 2. The number of nitrogens with one attached hydrogen (secondary N) is 2. The molecule has 1 saturated carbocycles. The Morgan fingerprint density at radius 2 is 2.27 bits per heavy atom. The molecule has 15 heavy (non-hydrogen) atoms. The van der Waals surface area contributed by atoms with Gasteiger partial charge in [-0.2, -0.15) is 0 Å². The van der Waals surface area contributed by atoms with Gasteiger partial charge in [0, 0.05) is 19.0 Å². The number of hydrogen-bond donors (Lipinski definition) is 2. The molecule has 0 aromatic heterocycles. The molecule has 2 rings (SSSR count). The monoisotopic (exact) mass is 210 g/mol. The van der Waals surface area contributed by atoms with Crippen LogP contribution in [0.25, 0.3) is 0 Å². The van der Waals surface area contributed by atoms with Crippen LogP contribution in [0.4, 0.5) is 0 Å². The molecule has 0 aromatic rings. The number of amides is 2. The molecule has 4 heteroatoms. The maximum absolute atomic E-state index is 11.7. The fourth-order valence-electron chi connectivity index (χ4n) is 2.19. The van der Waals surface area contributed by atoms with Gasteiger partial charge in [0.25, 0.3) is 0 Å². The fourth-order valence-corrected chi connectivity index (χ4v) is 2.19. The smallest absolute Gasteiger partial charge is 0.225 e. The second kappa shape index (κ2) is 4.21. The van der Waals surface area contributed by atoms with Crippen molar-refractivity contribution in [1.29, 1.82) is 0 Å². The summed E-state index contributed by atoms with van der Waals surface area (Å²) in [5, 5.41) is 5.69. The van der Waals surface area contributed by atoms with E-state index in [1.807, 2.05) is 0 Å². The number of rotatable bonds is 3. The molecule has 0 radical (unpaired) electrons. The second-order valence-electron chi connectivity index (χ2n) is 4.69. The van der Waals surface area contributed by atoms with Crippen molar-refractivity contribution >= 4 is 11.8 Å². The largest absolute Gasteiger partial charge is 0.355 e. The highest BCUT2D eigenvalue weighted by atomic mass is 16.2. The Hall–Kier alpha value is -1.06. The van der Waals surface area contributed by atoms with Crippen molar-refractivity contribution in [3.05, 3.63) is 0 Å². The van der Waals surface area contributed by atoms with E-state index in [4.69, 9.17) is 0 Å². The van der Waals surface area contributed by atoms with Crippen LogP contribution in [0, 0.1) is 11.8 Å². The highest BCUT2D eigenvalue weighted by Crippen LogP contribution is 2.29. The van der Waals surface area contributed by atoms with Crippen LogP contribution in [-0.4, -0.2) is 24.4 Å². The molecule has 84 valence electrons. The molecule has 1 heterocycles. The Balaban J connectivity index is 1.78. The van der Waals surface area contributed by atoms with Crippen molar-refractivity contribution in [3.63, 3.8) is 0 Å². The van der Waals surface area contributed by atoms with Gasteiger partial charge < -0.3 is 10.6 Å². The molecule has 1 saturated heterocycles. The number of hydrogen-bond acceptors (Lipinski definition) is 2. The molecule has 2 aliphatic rings. The molecule has 1 aliphatic carbocycles. The quantitative estimate of drug-likeness (QED) is 0.709. The zero-order valence-corrected chi connectivity index (χ0v) is 9.08. The number of carbonyl (C=O) groups excluding carboxylic acids is 2. The minimum atomic E-state index is -0.153. The molecule has 0 aromatic carbocycles. The van der Waals surface area contributed by atoms with Crippen LogP contribution in [0.3, 0.4) is 0 Å². The predicted molar refractivity (Wildman–Crippen MR) is 56.1 cm³/mol. The summed E-state index contributed by atoms with van der Waals surface area (Å²) < 4.78 is 0. The van der Waals surface area contributed by atoms with E-state index in [2.05, 4.69) is 17.6 Å². The zero-order valence-electron chi connectivity index (χ0n) is 9.08. The van der Waals surface area contributed by atoms with Crippen LogP contribution in [0.15, 0.2) is 0 Å². The molecule has 2 atom stereocenters. The van der Waals surface area contributed by atoms with Gasteiger partial charge in [-0.15, -0.1) is 0 Å². The van der Waals surface area contributed by atoms with Crippen LogP contribution in [-0.2, 0) is 9.59 Å². The molecule has 0 spiro atoms. The maximum atomic E-state index is 11.7. The molecule has 4 nitrogen and oxygen atoms in total.